The Bertz CT molecular complexity index is 727. The fraction of sp³-hybridized carbons (Fsp3) is 0. The molecule has 4 nitrogen and oxygen atoms in total. The van der Waals surface area contributed by atoms with Crippen molar-refractivity contribution in [2.24, 2.45) is 0 Å². The molecule has 3 aromatic rings. The van der Waals surface area contributed by atoms with E-state index in [0.717, 1.165) is 0 Å². The monoisotopic (exact) mass is 229 g/mol. The van der Waals surface area contributed by atoms with Gasteiger partial charge in [-0.05, 0) is 36.4 Å². The maximum atomic E-state index is 12.8. The highest BCUT2D eigenvalue weighted by molar-refractivity contribution is 5.56. The van der Waals surface area contributed by atoms with Gasteiger partial charge in [-0.1, -0.05) is 0 Å². The zero-order valence-corrected chi connectivity index (χ0v) is 8.72. The smallest absolute Gasteiger partial charge is 0.275 e. The van der Waals surface area contributed by atoms with Crippen molar-refractivity contribution in [2.45, 2.75) is 0 Å². The van der Waals surface area contributed by atoms with Crippen molar-refractivity contribution in [1.82, 2.24) is 14.6 Å². The zero-order chi connectivity index (χ0) is 11.8. The van der Waals surface area contributed by atoms with Gasteiger partial charge in [0, 0.05) is 11.8 Å². The lowest BCUT2D eigenvalue weighted by atomic mass is 10.2. The first kappa shape index (κ1) is 9.77. The summed E-state index contributed by atoms with van der Waals surface area (Å²) in [5, 5.41) is 4.23. The SMILES string of the molecule is O=c1[nH]c(-c2ccc(F)cc2)nn2cccc12. The van der Waals surface area contributed by atoms with E-state index in [9.17, 15) is 9.18 Å². The van der Waals surface area contributed by atoms with Gasteiger partial charge in [0.05, 0.1) is 0 Å². The molecule has 5 heteroatoms. The van der Waals surface area contributed by atoms with Crippen LogP contribution in [0.1, 0.15) is 0 Å². The first-order valence-corrected chi connectivity index (χ1v) is 5.08. The number of rotatable bonds is 1. The van der Waals surface area contributed by atoms with Gasteiger partial charge >= 0.3 is 0 Å². The van der Waals surface area contributed by atoms with Crippen molar-refractivity contribution in [1.29, 1.82) is 0 Å². The Kier molecular flexibility index (Phi) is 2.04. The molecule has 0 amide bonds. The molecule has 0 saturated heterocycles. The molecule has 0 atom stereocenters. The fourth-order valence-electron chi connectivity index (χ4n) is 1.68. The molecule has 1 N–H and O–H groups in total. The molecule has 0 bridgehead atoms. The third-order valence-electron chi connectivity index (χ3n) is 2.52. The first-order chi connectivity index (χ1) is 8.24. The van der Waals surface area contributed by atoms with Gasteiger partial charge < -0.3 is 4.98 Å². The van der Waals surface area contributed by atoms with Crippen LogP contribution >= 0.6 is 0 Å². The lowest BCUT2D eigenvalue weighted by molar-refractivity contribution is 0.628. The third kappa shape index (κ3) is 1.61. The summed E-state index contributed by atoms with van der Waals surface area (Å²) in [7, 11) is 0. The summed E-state index contributed by atoms with van der Waals surface area (Å²) in [5.41, 5.74) is 0.930. The van der Waals surface area contributed by atoms with Gasteiger partial charge in [-0.3, -0.25) is 4.79 Å². The molecule has 2 heterocycles. The van der Waals surface area contributed by atoms with Crippen LogP contribution in [-0.4, -0.2) is 14.6 Å². The summed E-state index contributed by atoms with van der Waals surface area (Å²) in [6, 6.07) is 9.22. The quantitative estimate of drug-likeness (QED) is 0.692. The van der Waals surface area contributed by atoms with Gasteiger partial charge in [0.25, 0.3) is 5.56 Å². The van der Waals surface area contributed by atoms with Gasteiger partial charge in [0.1, 0.15) is 11.3 Å². The Morgan fingerprint density at radius 3 is 2.71 bits per heavy atom. The summed E-state index contributed by atoms with van der Waals surface area (Å²) in [6.07, 6.45) is 1.69. The van der Waals surface area contributed by atoms with Crippen LogP contribution in [0.2, 0.25) is 0 Å². The highest BCUT2D eigenvalue weighted by atomic mass is 19.1. The van der Waals surface area contributed by atoms with E-state index in [1.54, 1.807) is 30.5 Å². The van der Waals surface area contributed by atoms with Crippen LogP contribution in [0.15, 0.2) is 47.4 Å². The molecule has 0 fully saturated rings. The maximum absolute atomic E-state index is 12.8. The second-order valence-electron chi connectivity index (χ2n) is 3.65. The van der Waals surface area contributed by atoms with Crippen molar-refractivity contribution in [3.05, 3.63) is 58.8 Å². The Hall–Kier alpha value is -2.43. The lowest BCUT2D eigenvalue weighted by Crippen LogP contribution is -2.13. The van der Waals surface area contributed by atoms with Crippen LogP contribution in [0.5, 0.6) is 0 Å². The van der Waals surface area contributed by atoms with Crippen LogP contribution in [0.3, 0.4) is 0 Å². The summed E-state index contributed by atoms with van der Waals surface area (Å²) < 4.78 is 14.3. The van der Waals surface area contributed by atoms with Gasteiger partial charge in [0.2, 0.25) is 0 Å². The standard InChI is InChI=1S/C12H8FN3O/c13-9-5-3-8(4-6-9)11-14-12(17)10-2-1-7-16(10)15-11/h1-7H,(H,14,15,17). The van der Waals surface area contributed by atoms with E-state index in [-0.39, 0.29) is 11.4 Å². The van der Waals surface area contributed by atoms with Crippen LogP contribution in [-0.2, 0) is 0 Å². The molecule has 84 valence electrons. The van der Waals surface area contributed by atoms with Crippen molar-refractivity contribution in [3.63, 3.8) is 0 Å². The summed E-state index contributed by atoms with van der Waals surface area (Å²) >= 11 is 0. The first-order valence-electron chi connectivity index (χ1n) is 5.08. The van der Waals surface area contributed by atoms with Crippen molar-refractivity contribution >= 4 is 5.52 Å². The van der Waals surface area contributed by atoms with E-state index in [0.29, 0.717) is 16.9 Å². The van der Waals surface area contributed by atoms with E-state index in [2.05, 4.69) is 10.1 Å². The second kappa shape index (κ2) is 3.55. The molecule has 17 heavy (non-hydrogen) atoms. The molecule has 0 unspecified atom stereocenters. The highest BCUT2D eigenvalue weighted by Crippen LogP contribution is 2.13. The van der Waals surface area contributed by atoms with Crippen LogP contribution in [0.4, 0.5) is 4.39 Å². The largest absolute Gasteiger partial charge is 0.303 e. The molecule has 0 aliphatic carbocycles. The van der Waals surface area contributed by atoms with E-state index in [1.165, 1.54) is 16.6 Å². The van der Waals surface area contributed by atoms with Crippen molar-refractivity contribution in [2.75, 3.05) is 0 Å². The zero-order valence-electron chi connectivity index (χ0n) is 8.72. The number of H-pyrrole nitrogens is 1. The number of aromatic nitrogens is 3. The molecule has 0 aliphatic rings. The Morgan fingerprint density at radius 2 is 1.94 bits per heavy atom. The molecule has 0 saturated carbocycles. The minimum atomic E-state index is -0.321. The van der Waals surface area contributed by atoms with E-state index >= 15 is 0 Å². The molecular formula is C12H8FN3O. The van der Waals surface area contributed by atoms with Gasteiger partial charge in [0.15, 0.2) is 5.82 Å². The number of halogens is 1. The molecule has 0 spiro atoms. The normalized spacial score (nSPS) is 10.9. The van der Waals surface area contributed by atoms with Crippen molar-refractivity contribution in [3.8, 4) is 11.4 Å². The maximum Gasteiger partial charge on any atom is 0.275 e. The topological polar surface area (TPSA) is 50.2 Å². The molecular weight excluding hydrogens is 221 g/mol. The van der Waals surface area contributed by atoms with Gasteiger partial charge in [-0.25, -0.2) is 8.91 Å². The number of hydrogen-bond donors (Lipinski definition) is 1. The predicted octanol–water partition coefficient (Wildman–Crippen LogP) is 1.83. The second-order valence-corrected chi connectivity index (χ2v) is 3.65. The van der Waals surface area contributed by atoms with Gasteiger partial charge in [-0.2, -0.15) is 0 Å². The number of aromatic amines is 1. The molecule has 0 aliphatic heterocycles. The Labute approximate surface area is 95.3 Å². The molecule has 2 aromatic heterocycles. The van der Waals surface area contributed by atoms with E-state index in [1.807, 2.05) is 0 Å². The Balaban J connectivity index is 2.23. The van der Waals surface area contributed by atoms with Crippen LogP contribution < -0.4 is 5.56 Å². The van der Waals surface area contributed by atoms with E-state index in [4.69, 9.17) is 0 Å². The number of hydrogen-bond acceptors (Lipinski definition) is 2. The van der Waals surface area contributed by atoms with Gasteiger partial charge in [-0.15, -0.1) is 5.10 Å². The average molecular weight is 229 g/mol. The van der Waals surface area contributed by atoms with Crippen LogP contribution in [0, 0.1) is 5.82 Å². The predicted molar refractivity (Wildman–Crippen MR) is 61.2 cm³/mol. The molecule has 3 rings (SSSR count). The number of nitrogens with one attached hydrogen (secondary N) is 1. The number of nitrogens with zero attached hydrogens (tertiary/aromatic N) is 2. The minimum Gasteiger partial charge on any atom is -0.303 e. The third-order valence-corrected chi connectivity index (χ3v) is 2.52. The minimum absolute atomic E-state index is 0.218. The summed E-state index contributed by atoms with van der Waals surface area (Å²) in [5.74, 6) is 0.0943. The molecule has 0 radical (unpaired) electrons. The summed E-state index contributed by atoms with van der Waals surface area (Å²) in [4.78, 5) is 14.4. The Morgan fingerprint density at radius 1 is 1.18 bits per heavy atom. The van der Waals surface area contributed by atoms with Crippen LogP contribution in [0.25, 0.3) is 16.9 Å². The highest BCUT2D eigenvalue weighted by Gasteiger charge is 2.05. The number of benzene rings is 1. The van der Waals surface area contributed by atoms with Crippen molar-refractivity contribution < 1.29 is 4.39 Å². The van der Waals surface area contributed by atoms with E-state index < -0.39 is 0 Å². The summed E-state index contributed by atoms with van der Waals surface area (Å²) in [6.45, 7) is 0. The lowest BCUT2D eigenvalue weighted by Gasteiger charge is -2.01. The average Bonchev–Trinajstić information content (AvgIpc) is 2.78. The molecule has 1 aromatic carbocycles. The fourth-order valence-corrected chi connectivity index (χ4v) is 1.68. The number of fused-ring (bicyclic) bond motifs is 1.